The Morgan fingerprint density at radius 3 is 1.90 bits per heavy atom. The number of rotatable bonds is 8. The fourth-order valence-corrected chi connectivity index (χ4v) is 2.46. The van der Waals surface area contributed by atoms with Gasteiger partial charge in [-0.15, -0.1) is 0 Å². The van der Waals surface area contributed by atoms with Crippen LogP contribution in [0.4, 0.5) is 0 Å². The van der Waals surface area contributed by atoms with Crippen molar-refractivity contribution in [2.75, 3.05) is 6.61 Å². The van der Waals surface area contributed by atoms with E-state index >= 15 is 0 Å². The van der Waals surface area contributed by atoms with Gasteiger partial charge in [0.1, 0.15) is 0 Å². The molecule has 1 aromatic carbocycles. The molecule has 2 heteroatoms. The summed E-state index contributed by atoms with van der Waals surface area (Å²) in [5, 5.41) is 0. The van der Waals surface area contributed by atoms with Crippen LogP contribution in [0.5, 0.6) is 0 Å². The van der Waals surface area contributed by atoms with Gasteiger partial charge in [-0.25, -0.2) is 0 Å². The van der Waals surface area contributed by atoms with Crippen LogP contribution in [-0.4, -0.2) is 13.5 Å². The van der Waals surface area contributed by atoms with E-state index in [1.807, 2.05) is 6.07 Å². The van der Waals surface area contributed by atoms with Crippen molar-refractivity contribution in [3.63, 3.8) is 0 Å². The van der Waals surface area contributed by atoms with E-state index in [1.165, 1.54) is 5.56 Å². The molecule has 0 saturated heterocycles. The molecule has 1 nitrogen and oxygen atoms in total. The summed E-state index contributed by atoms with van der Waals surface area (Å²) in [4.78, 5) is 0. The van der Waals surface area contributed by atoms with Crippen LogP contribution in [-0.2, 0) is 4.65 Å². The Morgan fingerprint density at radius 2 is 1.43 bits per heavy atom. The van der Waals surface area contributed by atoms with Gasteiger partial charge in [0.15, 0.2) is 0 Å². The molecule has 21 heavy (non-hydrogen) atoms. The highest BCUT2D eigenvalue weighted by atomic mass is 16.4. The van der Waals surface area contributed by atoms with E-state index in [2.05, 4.69) is 78.0 Å². The molecule has 2 unspecified atom stereocenters. The van der Waals surface area contributed by atoms with Gasteiger partial charge >= 0.3 is 0 Å². The minimum atomic E-state index is 0.324. The van der Waals surface area contributed by atoms with Crippen molar-refractivity contribution in [2.45, 2.75) is 53.2 Å². The van der Waals surface area contributed by atoms with E-state index in [4.69, 9.17) is 4.65 Å². The zero-order chi connectivity index (χ0) is 15.8. The topological polar surface area (TPSA) is 9.23 Å². The van der Waals surface area contributed by atoms with Crippen LogP contribution < -0.4 is 0 Å². The predicted octanol–water partition coefficient (Wildman–Crippen LogP) is 5.80. The van der Waals surface area contributed by atoms with Crippen LogP contribution in [0.1, 0.15) is 47.1 Å². The van der Waals surface area contributed by atoms with Crippen molar-refractivity contribution in [1.29, 1.82) is 0 Å². The fraction of sp³-hybridized carbons (Fsp3) is 0.579. The van der Waals surface area contributed by atoms with Gasteiger partial charge in [0.05, 0.1) is 0 Å². The molecular formula is C19H31BO. The molecular weight excluding hydrogens is 255 g/mol. The Morgan fingerprint density at radius 1 is 0.905 bits per heavy atom. The largest absolute Gasteiger partial charge is 0.432 e. The maximum atomic E-state index is 6.22. The first-order valence-electron chi connectivity index (χ1n) is 8.26. The Bertz CT molecular complexity index is 397. The zero-order valence-electron chi connectivity index (χ0n) is 14.5. The first-order chi connectivity index (χ1) is 9.93. The molecule has 0 aliphatic heterocycles. The first kappa shape index (κ1) is 18.0. The van der Waals surface area contributed by atoms with Crippen molar-refractivity contribution >= 4 is 13.0 Å². The lowest BCUT2D eigenvalue weighted by Gasteiger charge is -2.30. The van der Waals surface area contributed by atoms with E-state index in [0.717, 1.165) is 0 Å². The number of hydrogen-bond acceptors (Lipinski definition) is 1. The minimum Gasteiger partial charge on any atom is -0.432 e. The lowest BCUT2D eigenvalue weighted by molar-refractivity contribution is 0.327. The Kier molecular flexibility index (Phi) is 7.81. The summed E-state index contributed by atoms with van der Waals surface area (Å²) in [5.41, 5.74) is 1.23. The number of benzene rings is 1. The van der Waals surface area contributed by atoms with E-state index < -0.39 is 0 Å². The Labute approximate surface area is 131 Å². The van der Waals surface area contributed by atoms with Gasteiger partial charge in [0, 0.05) is 6.61 Å². The van der Waals surface area contributed by atoms with Gasteiger partial charge < -0.3 is 4.65 Å². The third-order valence-corrected chi connectivity index (χ3v) is 4.63. The molecule has 1 aromatic rings. The van der Waals surface area contributed by atoms with Gasteiger partial charge in [-0.2, -0.15) is 0 Å². The van der Waals surface area contributed by atoms with E-state index in [1.54, 1.807) is 0 Å². The quantitative estimate of drug-likeness (QED) is 0.549. The van der Waals surface area contributed by atoms with Gasteiger partial charge in [-0.05, 0) is 29.0 Å². The molecule has 2 atom stereocenters. The molecule has 1 rings (SSSR count). The summed E-state index contributed by atoms with van der Waals surface area (Å²) >= 11 is 0. The zero-order valence-corrected chi connectivity index (χ0v) is 14.5. The van der Waals surface area contributed by atoms with Crippen molar-refractivity contribution in [2.24, 2.45) is 11.8 Å². The molecule has 0 aliphatic rings. The second kappa shape index (κ2) is 9.09. The lowest BCUT2D eigenvalue weighted by Crippen LogP contribution is -2.33. The van der Waals surface area contributed by atoms with Gasteiger partial charge in [0.2, 0.25) is 0 Å². The summed E-state index contributed by atoms with van der Waals surface area (Å²) in [5.74, 6) is 2.45. The monoisotopic (exact) mass is 286 g/mol. The van der Waals surface area contributed by atoms with E-state index in [-0.39, 0.29) is 0 Å². The van der Waals surface area contributed by atoms with Crippen LogP contribution in [0.3, 0.4) is 0 Å². The van der Waals surface area contributed by atoms with Crippen molar-refractivity contribution in [3.8, 4) is 0 Å². The van der Waals surface area contributed by atoms with Crippen molar-refractivity contribution in [3.05, 3.63) is 42.0 Å². The molecule has 0 heterocycles. The maximum absolute atomic E-state index is 6.22. The van der Waals surface area contributed by atoms with E-state index in [9.17, 15) is 0 Å². The standard InChI is InChI=1S/C19H31BO/c1-15(2)17(5)20(18(6)16(3)4)21-14-10-13-19-11-8-7-9-12-19/h7-13,15-18H,14H2,1-6H3/b13-10+. The Balaban J connectivity index is 2.59. The summed E-state index contributed by atoms with van der Waals surface area (Å²) in [7, 11) is 0. The van der Waals surface area contributed by atoms with Crippen LogP contribution in [0, 0.1) is 11.8 Å². The van der Waals surface area contributed by atoms with Gasteiger partial charge in [-0.3, -0.25) is 0 Å². The summed E-state index contributed by atoms with van der Waals surface area (Å²) in [6, 6.07) is 10.4. The highest BCUT2D eigenvalue weighted by Gasteiger charge is 2.33. The molecule has 0 N–H and O–H groups in total. The average Bonchev–Trinajstić information content (AvgIpc) is 2.47. The third kappa shape index (κ3) is 6.09. The summed E-state index contributed by atoms with van der Waals surface area (Å²) < 4.78 is 6.22. The predicted molar refractivity (Wildman–Crippen MR) is 95.7 cm³/mol. The van der Waals surface area contributed by atoms with Crippen LogP contribution in [0.15, 0.2) is 36.4 Å². The second-order valence-corrected chi connectivity index (χ2v) is 6.82. The molecule has 116 valence electrons. The summed E-state index contributed by atoms with van der Waals surface area (Å²) in [6.07, 6.45) is 4.26. The molecule has 0 radical (unpaired) electrons. The van der Waals surface area contributed by atoms with Crippen molar-refractivity contribution in [1.82, 2.24) is 0 Å². The molecule has 0 spiro atoms. The summed E-state index contributed by atoms with van der Waals surface area (Å²) in [6.45, 7) is 14.8. The fourth-order valence-electron chi connectivity index (χ4n) is 2.46. The highest BCUT2D eigenvalue weighted by Crippen LogP contribution is 2.32. The SMILES string of the molecule is CC(C)C(C)B(OC/C=C/c1ccccc1)C(C)C(C)C. The molecule has 0 bridgehead atoms. The average molecular weight is 286 g/mol. The molecule has 0 fully saturated rings. The molecule has 0 saturated carbocycles. The molecule has 0 aromatic heterocycles. The second-order valence-electron chi connectivity index (χ2n) is 6.82. The van der Waals surface area contributed by atoms with Crippen LogP contribution in [0.2, 0.25) is 11.6 Å². The molecule has 0 amide bonds. The molecule has 0 aliphatic carbocycles. The van der Waals surface area contributed by atoms with E-state index in [0.29, 0.717) is 37.0 Å². The first-order valence-corrected chi connectivity index (χ1v) is 8.26. The highest BCUT2D eigenvalue weighted by molar-refractivity contribution is 6.55. The maximum Gasteiger partial charge on any atom is 0.299 e. The number of hydrogen-bond donors (Lipinski definition) is 0. The van der Waals surface area contributed by atoms with Crippen molar-refractivity contribution < 1.29 is 4.65 Å². The lowest BCUT2D eigenvalue weighted by atomic mass is 9.43. The Hall–Kier alpha value is -1.02. The minimum absolute atomic E-state index is 0.324. The van der Waals surface area contributed by atoms with Crippen LogP contribution in [0.25, 0.3) is 6.08 Å². The third-order valence-electron chi connectivity index (χ3n) is 4.63. The van der Waals surface area contributed by atoms with Crippen LogP contribution >= 0.6 is 0 Å². The normalized spacial score (nSPS) is 14.9. The van der Waals surface area contributed by atoms with Gasteiger partial charge in [-0.1, -0.05) is 84.0 Å². The smallest absolute Gasteiger partial charge is 0.299 e. The van der Waals surface area contributed by atoms with Gasteiger partial charge in [0.25, 0.3) is 6.92 Å².